The van der Waals surface area contributed by atoms with Crippen LogP contribution in [0.3, 0.4) is 0 Å². The molecule has 0 amide bonds. The van der Waals surface area contributed by atoms with Crippen LogP contribution in [-0.2, 0) is 9.47 Å². The van der Waals surface area contributed by atoms with Crippen LogP contribution in [-0.4, -0.2) is 26.4 Å². The molecule has 0 aromatic heterocycles. The van der Waals surface area contributed by atoms with Crippen LogP contribution in [0.5, 0.6) is 0 Å². The van der Waals surface area contributed by atoms with Crippen molar-refractivity contribution in [3.05, 3.63) is 11.6 Å². The minimum Gasteiger partial charge on any atom is -0.377 e. The van der Waals surface area contributed by atoms with Crippen LogP contribution in [0.15, 0.2) is 11.6 Å². The summed E-state index contributed by atoms with van der Waals surface area (Å²) in [6, 6.07) is 0. The van der Waals surface area contributed by atoms with Crippen molar-refractivity contribution in [2.45, 2.75) is 27.2 Å². The lowest BCUT2D eigenvalue weighted by Gasteiger charge is -2.06. The molecular formula is C10H20O2. The third-order valence-electron chi connectivity index (χ3n) is 1.48. The Morgan fingerprint density at radius 3 is 1.83 bits per heavy atom. The predicted molar refractivity (Wildman–Crippen MR) is 51.4 cm³/mol. The highest BCUT2D eigenvalue weighted by Crippen LogP contribution is 1.98. The highest BCUT2D eigenvalue weighted by Gasteiger charge is 1.95. The zero-order valence-electron chi connectivity index (χ0n) is 8.43. The lowest BCUT2D eigenvalue weighted by Crippen LogP contribution is -2.05. The van der Waals surface area contributed by atoms with E-state index in [1.807, 2.05) is 13.8 Å². The smallest absolute Gasteiger partial charge is 0.0698 e. The van der Waals surface area contributed by atoms with E-state index in [4.69, 9.17) is 9.47 Å². The van der Waals surface area contributed by atoms with Crippen LogP contribution in [0.1, 0.15) is 27.2 Å². The molecule has 2 heteroatoms. The van der Waals surface area contributed by atoms with Crippen molar-refractivity contribution < 1.29 is 9.47 Å². The van der Waals surface area contributed by atoms with Gasteiger partial charge in [-0.2, -0.15) is 0 Å². The topological polar surface area (TPSA) is 18.5 Å². The van der Waals surface area contributed by atoms with E-state index in [9.17, 15) is 0 Å². The van der Waals surface area contributed by atoms with Gasteiger partial charge in [0.15, 0.2) is 0 Å². The molecule has 72 valence electrons. The fourth-order valence-corrected chi connectivity index (χ4v) is 0.915. The Morgan fingerprint density at radius 1 is 1.00 bits per heavy atom. The van der Waals surface area contributed by atoms with Gasteiger partial charge in [-0.15, -0.1) is 0 Å². The van der Waals surface area contributed by atoms with E-state index in [1.165, 1.54) is 5.57 Å². The van der Waals surface area contributed by atoms with Gasteiger partial charge >= 0.3 is 0 Å². The summed E-state index contributed by atoms with van der Waals surface area (Å²) in [6.07, 6.45) is 3.22. The summed E-state index contributed by atoms with van der Waals surface area (Å²) in [5.41, 5.74) is 1.25. The van der Waals surface area contributed by atoms with E-state index in [0.29, 0.717) is 13.2 Å². The van der Waals surface area contributed by atoms with Crippen molar-refractivity contribution in [1.29, 1.82) is 0 Å². The van der Waals surface area contributed by atoms with Crippen LogP contribution in [0.25, 0.3) is 0 Å². The number of hydrogen-bond acceptors (Lipinski definition) is 2. The van der Waals surface area contributed by atoms with Crippen LogP contribution in [0.2, 0.25) is 0 Å². The summed E-state index contributed by atoms with van der Waals surface area (Å²) in [6.45, 7) is 9.10. The fraction of sp³-hybridized carbons (Fsp3) is 0.800. The monoisotopic (exact) mass is 172 g/mol. The maximum atomic E-state index is 5.30. The molecule has 0 N–H and O–H groups in total. The summed E-state index contributed by atoms with van der Waals surface area (Å²) in [5, 5.41) is 0. The van der Waals surface area contributed by atoms with Gasteiger partial charge in [-0.25, -0.2) is 0 Å². The normalized spacial score (nSPS) is 9.92. The second kappa shape index (κ2) is 8.75. The van der Waals surface area contributed by atoms with Crippen molar-refractivity contribution in [2.24, 2.45) is 0 Å². The maximum absolute atomic E-state index is 5.30. The fourth-order valence-electron chi connectivity index (χ4n) is 0.915. The second-order valence-corrected chi connectivity index (χ2v) is 2.54. The molecule has 0 heterocycles. The van der Waals surface area contributed by atoms with E-state index >= 15 is 0 Å². The first-order valence-electron chi connectivity index (χ1n) is 4.68. The first-order valence-corrected chi connectivity index (χ1v) is 4.68. The molecule has 0 saturated heterocycles. The van der Waals surface area contributed by atoms with Crippen molar-refractivity contribution in [1.82, 2.24) is 0 Å². The Kier molecular flexibility index (Phi) is 8.51. The number of rotatable bonds is 7. The van der Waals surface area contributed by atoms with Gasteiger partial charge in [0, 0.05) is 13.2 Å². The average molecular weight is 172 g/mol. The van der Waals surface area contributed by atoms with Gasteiger partial charge in [-0.05, 0) is 25.8 Å². The van der Waals surface area contributed by atoms with E-state index in [2.05, 4.69) is 13.0 Å². The molecule has 0 fully saturated rings. The SMILES string of the molecule is CCC=C(COCC)COCC. The van der Waals surface area contributed by atoms with E-state index in [-0.39, 0.29) is 0 Å². The zero-order chi connectivity index (χ0) is 9.23. The van der Waals surface area contributed by atoms with Crippen molar-refractivity contribution in [3.8, 4) is 0 Å². The molecule has 0 aliphatic heterocycles. The zero-order valence-corrected chi connectivity index (χ0v) is 8.43. The predicted octanol–water partition coefficient (Wildman–Crippen LogP) is 2.40. The van der Waals surface area contributed by atoms with Gasteiger partial charge in [-0.1, -0.05) is 13.0 Å². The number of allylic oxidation sites excluding steroid dienone is 1. The van der Waals surface area contributed by atoms with Crippen LogP contribution in [0.4, 0.5) is 0 Å². The molecule has 0 bridgehead atoms. The molecule has 2 nitrogen and oxygen atoms in total. The first-order chi connectivity index (χ1) is 5.85. The third-order valence-corrected chi connectivity index (χ3v) is 1.48. The molecule has 0 aliphatic rings. The molecule has 0 aliphatic carbocycles. The number of hydrogen-bond donors (Lipinski definition) is 0. The van der Waals surface area contributed by atoms with Gasteiger partial charge < -0.3 is 9.47 Å². The lowest BCUT2D eigenvalue weighted by atomic mass is 10.2. The Labute approximate surface area is 75.6 Å². The molecule has 0 aromatic rings. The first kappa shape index (κ1) is 11.7. The van der Waals surface area contributed by atoms with Gasteiger partial charge in [0.05, 0.1) is 13.2 Å². The maximum Gasteiger partial charge on any atom is 0.0698 e. The highest BCUT2D eigenvalue weighted by atomic mass is 16.5. The Morgan fingerprint density at radius 2 is 1.50 bits per heavy atom. The van der Waals surface area contributed by atoms with Crippen LogP contribution < -0.4 is 0 Å². The van der Waals surface area contributed by atoms with Gasteiger partial charge in [-0.3, -0.25) is 0 Å². The third kappa shape index (κ3) is 6.38. The summed E-state index contributed by atoms with van der Waals surface area (Å²) in [4.78, 5) is 0. The van der Waals surface area contributed by atoms with Crippen molar-refractivity contribution >= 4 is 0 Å². The average Bonchev–Trinajstić information content (AvgIpc) is 2.10. The summed E-state index contributed by atoms with van der Waals surface area (Å²) < 4.78 is 10.6. The van der Waals surface area contributed by atoms with Crippen molar-refractivity contribution in [3.63, 3.8) is 0 Å². The van der Waals surface area contributed by atoms with Crippen LogP contribution >= 0.6 is 0 Å². The summed E-state index contributed by atoms with van der Waals surface area (Å²) >= 11 is 0. The lowest BCUT2D eigenvalue weighted by molar-refractivity contribution is 0.131. The molecule has 0 spiro atoms. The molecule has 0 radical (unpaired) electrons. The summed E-state index contributed by atoms with van der Waals surface area (Å²) in [5.74, 6) is 0. The van der Waals surface area contributed by atoms with E-state index < -0.39 is 0 Å². The Hall–Kier alpha value is -0.340. The van der Waals surface area contributed by atoms with Gasteiger partial charge in [0.25, 0.3) is 0 Å². The van der Waals surface area contributed by atoms with Gasteiger partial charge in [0.2, 0.25) is 0 Å². The highest BCUT2D eigenvalue weighted by molar-refractivity contribution is 5.02. The van der Waals surface area contributed by atoms with Crippen molar-refractivity contribution in [2.75, 3.05) is 26.4 Å². The Balaban J connectivity index is 3.62. The minimum absolute atomic E-state index is 0.713. The molecule has 0 atom stereocenters. The summed E-state index contributed by atoms with van der Waals surface area (Å²) in [7, 11) is 0. The standard InChI is InChI=1S/C10H20O2/c1-4-7-10(8-11-5-2)9-12-6-3/h7H,4-6,8-9H2,1-3H3. The van der Waals surface area contributed by atoms with Crippen LogP contribution in [0, 0.1) is 0 Å². The second-order valence-electron chi connectivity index (χ2n) is 2.54. The minimum atomic E-state index is 0.713. The van der Waals surface area contributed by atoms with E-state index in [0.717, 1.165) is 19.6 Å². The molecule has 0 aromatic carbocycles. The molecule has 12 heavy (non-hydrogen) atoms. The largest absolute Gasteiger partial charge is 0.377 e. The molecular weight excluding hydrogens is 152 g/mol. The molecule has 0 unspecified atom stereocenters. The number of ether oxygens (including phenoxy) is 2. The van der Waals surface area contributed by atoms with Gasteiger partial charge in [0.1, 0.15) is 0 Å². The molecule has 0 rings (SSSR count). The quantitative estimate of drug-likeness (QED) is 0.549. The van der Waals surface area contributed by atoms with E-state index in [1.54, 1.807) is 0 Å². The molecule has 0 saturated carbocycles. The Bertz CT molecular complexity index is 109.